The van der Waals surface area contributed by atoms with Gasteiger partial charge in [0.2, 0.25) is 5.91 Å². The van der Waals surface area contributed by atoms with Crippen molar-refractivity contribution in [3.8, 4) is 0 Å². The van der Waals surface area contributed by atoms with Gasteiger partial charge in [-0.3, -0.25) is 15.0 Å². The molecular weight excluding hydrogens is 339 g/mol. The molecule has 2 rings (SSSR count). The summed E-state index contributed by atoms with van der Waals surface area (Å²) in [5.74, 6) is -3.11. The molecule has 2 aliphatic rings. The molecule has 5 nitrogen and oxygen atoms in total. The molecule has 2 saturated heterocycles. The van der Waals surface area contributed by atoms with Crippen molar-refractivity contribution >= 4 is 30.7 Å². The molecule has 0 aliphatic carbocycles. The molecule has 2 aliphatic heterocycles. The van der Waals surface area contributed by atoms with Gasteiger partial charge in [0.1, 0.15) is 0 Å². The summed E-state index contributed by atoms with van der Waals surface area (Å²) < 4.78 is 31.4. The van der Waals surface area contributed by atoms with Crippen molar-refractivity contribution in [3.05, 3.63) is 0 Å². The molecule has 22 heavy (non-hydrogen) atoms. The Kier molecular flexibility index (Phi) is 8.51. The monoisotopic (exact) mass is 363 g/mol. The van der Waals surface area contributed by atoms with Gasteiger partial charge in [-0.15, -0.1) is 24.8 Å². The number of morpholine rings is 1. The van der Waals surface area contributed by atoms with Crippen molar-refractivity contribution in [3.63, 3.8) is 0 Å². The molecule has 1 atom stereocenters. The molecule has 0 spiro atoms. The first kappa shape index (κ1) is 21.8. The second kappa shape index (κ2) is 8.59. The topological polar surface area (TPSA) is 53.6 Å². The number of hydrogen-bond acceptors (Lipinski definition) is 4. The minimum absolute atomic E-state index is 0. The van der Waals surface area contributed by atoms with Crippen LogP contribution in [0.25, 0.3) is 0 Å². The van der Waals surface area contributed by atoms with Crippen molar-refractivity contribution in [2.24, 2.45) is 0 Å². The minimum atomic E-state index is -2.77. The Balaban J connectivity index is 0.00000220. The Labute approximate surface area is 142 Å². The van der Waals surface area contributed by atoms with Crippen LogP contribution in [0.15, 0.2) is 0 Å². The van der Waals surface area contributed by atoms with Crippen molar-refractivity contribution in [1.29, 1.82) is 0 Å². The van der Waals surface area contributed by atoms with Gasteiger partial charge in [-0.2, -0.15) is 0 Å². The van der Waals surface area contributed by atoms with Gasteiger partial charge in [0.15, 0.2) is 0 Å². The molecule has 1 unspecified atom stereocenters. The number of carbonyl (C=O) groups excluding carboxylic acids is 1. The van der Waals surface area contributed by atoms with Crippen molar-refractivity contribution in [2.45, 2.75) is 37.8 Å². The van der Waals surface area contributed by atoms with Crippen LogP contribution < -0.4 is 10.6 Å². The largest absolute Gasteiger partial charge is 0.378 e. The summed E-state index contributed by atoms with van der Waals surface area (Å²) >= 11 is 0. The SMILES string of the molecule is CC1(C)COCCN1CCNC(=O)C1CC(F)(F)CN1.Cl.Cl. The van der Waals surface area contributed by atoms with Crippen LogP contribution in [-0.2, 0) is 9.53 Å². The average Bonchev–Trinajstić information content (AvgIpc) is 2.71. The van der Waals surface area contributed by atoms with Crippen LogP contribution in [0, 0.1) is 0 Å². The fourth-order valence-corrected chi connectivity index (χ4v) is 2.64. The Bertz CT molecular complexity index is 373. The van der Waals surface area contributed by atoms with Crippen LogP contribution >= 0.6 is 24.8 Å². The van der Waals surface area contributed by atoms with Gasteiger partial charge in [0.05, 0.1) is 25.8 Å². The molecule has 0 saturated carbocycles. The van der Waals surface area contributed by atoms with E-state index in [9.17, 15) is 13.6 Å². The van der Waals surface area contributed by atoms with E-state index in [1.807, 2.05) is 0 Å². The number of halogens is 4. The number of rotatable bonds is 4. The predicted octanol–water partition coefficient (Wildman–Crippen LogP) is 1.05. The van der Waals surface area contributed by atoms with E-state index in [1.165, 1.54) is 0 Å². The van der Waals surface area contributed by atoms with Gasteiger partial charge >= 0.3 is 0 Å². The summed E-state index contributed by atoms with van der Waals surface area (Å²) in [6.45, 7) is 7.10. The summed E-state index contributed by atoms with van der Waals surface area (Å²) in [5.41, 5.74) is -0.0540. The highest BCUT2D eigenvalue weighted by atomic mass is 35.5. The van der Waals surface area contributed by atoms with Gasteiger partial charge in [-0.05, 0) is 13.8 Å². The molecule has 9 heteroatoms. The van der Waals surface area contributed by atoms with E-state index in [1.54, 1.807) is 0 Å². The summed E-state index contributed by atoms with van der Waals surface area (Å²) in [4.78, 5) is 14.0. The van der Waals surface area contributed by atoms with Crippen LogP contribution in [0.2, 0.25) is 0 Å². The normalized spacial score (nSPS) is 26.6. The standard InChI is InChI=1S/C13H23F2N3O2.2ClH/c1-12(2)9-20-6-5-18(12)4-3-16-11(19)10-7-13(14,15)8-17-10;;/h10,17H,3-9H2,1-2H3,(H,16,19);2*1H. The van der Waals surface area contributed by atoms with E-state index in [2.05, 4.69) is 29.4 Å². The number of ether oxygens (including phenoxy) is 1. The number of hydrogen-bond donors (Lipinski definition) is 2. The molecule has 0 aromatic carbocycles. The minimum Gasteiger partial charge on any atom is -0.378 e. The number of carbonyl (C=O) groups is 1. The van der Waals surface area contributed by atoms with E-state index < -0.39 is 24.9 Å². The lowest BCUT2D eigenvalue weighted by Gasteiger charge is -2.42. The summed E-state index contributed by atoms with van der Waals surface area (Å²) in [7, 11) is 0. The number of nitrogens with zero attached hydrogens (tertiary/aromatic N) is 1. The van der Waals surface area contributed by atoms with Crippen molar-refractivity contribution in [1.82, 2.24) is 15.5 Å². The molecule has 0 bridgehead atoms. The van der Waals surface area contributed by atoms with Crippen LogP contribution in [0.4, 0.5) is 8.78 Å². The molecule has 0 radical (unpaired) electrons. The van der Waals surface area contributed by atoms with Crippen LogP contribution in [0.1, 0.15) is 20.3 Å². The molecule has 132 valence electrons. The first-order valence-corrected chi connectivity index (χ1v) is 7.02. The summed E-state index contributed by atoms with van der Waals surface area (Å²) in [5, 5.41) is 5.29. The number of alkyl halides is 2. The first-order valence-electron chi connectivity index (χ1n) is 7.02. The van der Waals surface area contributed by atoms with Crippen molar-refractivity contribution < 1.29 is 18.3 Å². The zero-order chi connectivity index (χ0) is 14.8. The molecule has 1 amide bonds. The predicted molar refractivity (Wildman–Crippen MR) is 85.3 cm³/mol. The zero-order valence-electron chi connectivity index (χ0n) is 12.9. The third kappa shape index (κ3) is 5.77. The Morgan fingerprint density at radius 2 is 2.09 bits per heavy atom. The fourth-order valence-electron chi connectivity index (χ4n) is 2.64. The Morgan fingerprint density at radius 3 is 2.64 bits per heavy atom. The maximum Gasteiger partial charge on any atom is 0.262 e. The van der Waals surface area contributed by atoms with Gasteiger partial charge in [0, 0.05) is 31.6 Å². The van der Waals surface area contributed by atoms with Crippen LogP contribution in [-0.4, -0.2) is 67.7 Å². The van der Waals surface area contributed by atoms with E-state index in [0.717, 1.165) is 6.54 Å². The molecule has 2 heterocycles. The third-order valence-corrected chi connectivity index (χ3v) is 3.92. The average molecular weight is 364 g/mol. The van der Waals surface area contributed by atoms with Gasteiger partial charge < -0.3 is 10.1 Å². The second-order valence-corrected chi connectivity index (χ2v) is 6.14. The highest BCUT2D eigenvalue weighted by Gasteiger charge is 2.42. The van der Waals surface area contributed by atoms with Crippen LogP contribution in [0.3, 0.4) is 0 Å². The van der Waals surface area contributed by atoms with E-state index >= 15 is 0 Å². The lowest BCUT2D eigenvalue weighted by molar-refractivity contribution is -0.123. The first-order chi connectivity index (χ1) is 9.30. The second-order valence-electron chi connectivity index (χ2n) is 6.14. The molecule has 2 N–H and O–H groups in total. The van der Waals surface area contributed by atoms with Crippen LogP contribution in [0.5, 0.6) is 0 Å². The lowest BCUT2D eigenvalue weighted by Crippen LogP contribution is -2.55. The summed E-state index contributed by atoms with van der Waals surface area (Å²) in [6.07, 6.45) is -0.415. The van der Waals surface area contributed by atoms with E-state index in [4.69, 9.17) is 4.74 Å². The lowest BCUT2D eigenvalue weighted by atomic mass is 10.0. The molecule has 2 fully saturated rings. The fraction of sp³-hybridized carbons (Fsp3) is 0.923. The summed E-state index contributed by atoms with van der Waals surface area (Å²) in [6, 6.07) is -0.775. The van der Waals surface area contributed by atoms with E-state index in [0.29, 0.717) is 26.3 Å². The Hall–Kier alpha value is -0.210. The maximum atomic E-state index is 13.0. The van der Waals surface area contributed by atoms with E-state index in [-0.39, 0.29) is 36.3 Å². The molecule has 0 aromatic rings. The molecule has 0 aromatic heterocycles. The quantitative estimate of drug-likeness (QED) is 0.783. The molecular formula is C13H25Cl2F2N3O2. The number of nitrogens with one attached hydrogen (secondary N) is 2. The smallest absolute Gasteiger partial charge is 0.262 e. The third-order valence-electron chi connectivity index (χ3n) is 3.92. The maximum absolute atomic E-state index is 13.0. The van der Waals surface area contributed by atoms with Gasteiger partial charge in [-0.1, -0.05) is 0 Å². The Morgan fingerprint density at radius 1 is 1.41 bits per heavy atom. The van der Waals surface area contributed by atoms with Gasteiger partial charge in [-0.25, -0.2) is 8.78 Å². The highest BCUT2D eigenvalue weighted by Crippen LogP contribution is 2.25. The van der Waals surface area contributed by atoms with Gasteiger partial charge in [0.25, 0.3) is 5.92 Å². The number of amides is 1. The van der Waals surface area contributed by atoms with Crippen molar-refractivity contribution in [2.75, 3.05) is 39.4 Å². The zero-order valence-corrected chi connectivity index (χ0v) is 14.5. The highest BCUT2D eigenvalue weighted by molar-refractivity contribution is 5.85.